The van der Waals surface area contributed by atoms with Crippen molar-refractivity contribution in [1.82, 2.24) is 14.5 Å². The molecule has 13 aromatic rings. The molecule has 0 bridgehead atoms. The summed E-state index contributed by atoms with van der Waals surface area (Å²) in [4.78, 5) is 12.6. The van der Waals surface area contributed by atoms with Crippen molar-refractivity contribution in [3.63, 3.8) is 0 Å². The van der Waals surface area contributed by atoms with Crippen LogP contribution in [0, 0.1) is 0 Å². The number of hydrogen-bond acceptors (Lipinski definition) is 3. The predicted octanol–water partition coefficient (Wildman–Crippen LogP) is 17.7. The second kappa shape index (κ2) is 17.4. The van der Waals surface area contributed by atoms with E-state index in [9.17, 15) is 0 Å². The molecule has 0 aliphatic carbocycles. The fourth-order valence-electron chi connectivity index (χ4n) is 10.2. The number of nitrogens with zero attached hydrogens (tertiary/aromatic N) is 4. The van der Waals surface area contributed by atoms with Gasteiger partial charge in [0.25, 0.3) is 0 Å². The summed E-state index contributed by atoms with van der Waals surface area (Å²) in [5.41, 5.74) is 19.4. The average Bonchev–Trinajstić information content (AvgIpc) is 3.77. The van der Waals surface area contributed by atoms with Crippen LogP contribution < -0.4 is 4.90 Å². The standard InChI is InChI=1S/C66H44N4/c1-4-16-49(17-5-1)65-66(68-62-26-13-12-25-61(62)67-65)50-33-39-56(40-34-50)69(53-19-6-2-7-20-53)55-37-31-46(32-38-55)52-36-42-64-60(44-52)59-43-51(35-41-63(59)70(64)54-21-8-3-9-22-54)45-27-29-48(30-28-45)58-24-14-18-47-15-10-11-23-57(47)58/h1-44H. The summed E-state index contributed by atoms with van der Waals surface area (Å²) >= 11 is 0. The second-order valence-electron chi connectivity index (χ2n) is 17.8. The van der Waals surface area contributed by atoms with Gasteiger partial charge in [-0.15, -0.1) is 0 Å². The highest BCUT2D eigenvalue weighted by Gasteiger charge is 2.18. The van der Waals surface area contributed by atoms with Crippen LogP contribution in [0.4, 0.5) is 17.1 Å². The zero-order valence-corrected chi connectivity index (χ0v) is 38.2. The highest BCUT2D eigenvalue weighted by molar-refractivity contribution is 6.12. The second-order valence-corrected chi connectivity index (χ2v) is 17.8. The van der Waals surface area contributed by atoms with E-state index in [0.717, 1.165) is 67.4 Å². The van der Waals surface area contributed by atoms with Gasteiger partial charge in [0.1, 0.15) is 0 Å². The van der Waals surface area contributed by atoms with Gasteiger partial charge in [-0.1, -0.05) is 182 Å². The highest BCUT2D eigenvalue weighted by Crippen LogP contribution is 2.41. The van der Waals surface area contributed by atoms with Crippen molar-refractivity contribution in [3.05, 3.63) is 267 Å². The van der Waals surface area contributed by atoms with Gasteiger partial charge in [-0.2, -0.15) is 0 Å². The molecular weight excluding hydrogens is 849 g/mol. The molecule has 70 heavy (non-hydrogen) atoms. The summed E-state index contributed by atoms with van der Waals surface area (Å²) < 4.78 is 2.39. The van der Waals surface area contributed by atoms with Gasteiger partial charge in [-0.25, -0.2) is 9.97 Å². The third-order valence-electron chi connectivity index (χ3n) is 13.6. The van der Waals surface area contributed by atoms with Crippen molar-refractivity contribution in [2.24, 2.45) is 0 Å². The summed E-state index contributed by atoms with van der Waals surface area (Å²) in [5, 5.41) is 4.95. The Kier molecular flexibility index (Phi) is 10.1. The molecule has 328 valence electrons. The molecular formula is C66H44N4. The molecule has 13 rings (SSSR count). The maximum absolute atomic E-state index is 5.16. The quantitative estimate of drug-likeness (QED) is 0.145. The highest BCUT2D eigenvalue weighted by atomic mass is 15.1. The first-order valence-electron chi connectivity index (χ1n) is 23.8. The van der Waals surface area contributed by atoms with Crippen LogP contribution in [-0.2, 0) is 0 Å². The van der Waals surface area contributed by atoms with E-state index in [1.807, 2.05) is 30.3 Å². The Hall–Kier alpha value is -9.38. The van der Waals surface area contributed by atoms with Crippen LogP contribution in [0.3, 0.4) is 0 Å². The summed E-state index contributed by atoms with van der Waals surface area (Å²) in [5.74, 6) is 0. The Morgan fingerprint density at radius 3 is 1.31 bits per heavy atom. The van der Waals surface area contributed by atoms with Crippen molar-refractivity contribution in [3.8, 4) is 61.6 Å². The Morgan fingerprint density at radius 1 is 0.286 bits per heavy atom. The first-order valence-corrected chi connectivity index (χ1v) is 23.8. The lowest BCUT2D eigenvalue weighted by atomic mass is 9.95. The van der Waals surface area contributed by atoms with Crippen LogP contribution in [0.25, 0.3) is 105 Å². The van der Waals surface area contributed by atoms with Crippen LogP contribution >= 0.6 is 0 Å². The summed E-state index contributed by atoms with van der Waals surface area (Å²) in [6.45, 7) is 0. The van der Waals surface area contributed by atoms with E-state index in [4.69, 9.17) is 9.97 Å². The molecule has 0 spiro atoms. The molecule has 0 fully saturated rings. The van der Waals surface area contributed by atoms with Crippen LogP contribution in [-0.4, -0.2) is 14.5 Å². The average molecular weight is 893 g/mol. The van der Waals surface area contributed by atoms with Gasteiger partial charge in [0, 0.05) is 44.6 Å². The van der Waals surface area contributed by atoms with Gasteiger partial charge in [-0.05, 0) is 129 Å². The molecule has 0 amide bonds. The summed E-state index contributed by atoms with van der Waals surface area (Å²) in [6.07, 6.45) is 0. The molecule has 0 atom stereocenters. The molecule has 0 unspecified atom stereocenters. The van der Waals surface area contributed by atoms with Crippen LogP contribution in [0.2, 0.25) is 0 Å². The summed E-state index contributed by atoms with van der Waals surface area (Å²) in [6, 6.07) is 95.4. The molecule has 0 N–H and O–H groups in total. The molecule has 4 heteroatoms. The lowest BCUT2D eigenvalue weighted by Crippen LogP contribution is -2.09. The Bertz CT molecular complexity index is 4010. The van der Waals surface area contributed by atoms with Crippen molar-refractivity contribution >= 4 is 60.7 Å². The Morgan fingerprint density at radius 2 is 0.714 bits per heavy atom. The van der Waals surface area contributed by atoms with Crippen molar-refractivity contribution in [2.45, 2.75) is 0 Å². The number of anilines is 3. The third kappa shape index (κ3) is 7.36. The fourth-order valence-corrected chi connectivity index (χ4v) is 10.2. The van der Waals surface area contributed by atoms with Gasteiger partial charge in [-0.3, -0.25) is 0 Å². The minimum Gasteiger partial charge on any atom is -0.311 e. The van der Waals surface area contributed by atoms with Crippen molar-refractivity contribution in [2.75, 3.05) is 4.90 Å². The molecule has 2 aromatic heterocycles. The van der Waals surface area contributed by atoms with Crippen LogP contribution in [0.1, 0.15) is 0 Å². The Balaban J connectivity index is 0.862. The molecule has 0 aliphatic heterocycles. The molecule has 0 radical (unpaired) electrons. The van der Waals surface area contributed by atoms with Gasteiger partial charge in [0.15, 0.2) is 0 Å². The SMILES string of the molecule is c1ccc(-c2nc3ccccc3nc2-c2ccc(N(c3ccccc3)c3ccc(-c4ccc5c(c4)c4cc(-c6ccc(-c7cccc8ccccc78)cc6)ccc4n5-c4ccccc4)cc3)cc2)cc1. The largest absolute Gasteiger partial charge is 0.311 e. The van der Waals surface area contributed by atoms with E-state index in [1.165, 1.54) is 54.8 Å². The molecule has 0 saturated heterocycles. The minimum absolute atomic E-state index is 0.860. The number of fused-ring (bicyclic) bond motifs is 5. The smallest absolute Gasteiger partial charge is 0.0973 e. The van der Waals surface area contributed by atoms with Gasteiger partial charge < -0.3 is 9.47 Å². The zero-order valence-electron chi connectivity index (χ0n) is 38.2. The summed E-state index contributed by atoms with van der Waals surface area (Å²) in [7, 11) is 0. The molecule has 2 heterocycles. The Labute approximate surface area is 406 Å². The number of rotatable bonds is 9. The van der Waals surface area contributed by atoms with E-state index in [2.05, 4.69) is 246 Å². The number of para-hydroxylation sites is 4. The van der Waals surface area contributed by atoms with Gasteiger partial charge in [0.2, 0.25) is 0 Å². The van der Waals surface area contributed by atoms with Crippen LogP contribution in [0.15, 0.2) is 267 Å². The van der Waals surface area contributed by atoms with E-state index in [0.29, 0.717) is 0 Å². The minimum atomic E-state index is 0.860. The van der Waals surface area contributed by atoms with E-state index >= 15 is 0 Å². The van der Waals surface area contributed by atoms with Crippen molar-refractivity contribution < 1.29 is 0 Å². The molecule has 0 saturated carbocycles. The third-order valence-corrected chi connectivity index (χ3v) is 13.6. The van der Waals surface area contributed by atoms with Crippen molar-refractivity contribution in [1.29, 1.82) is 0 Å². The molecule has 4 nitrogen and oxygen atoms in total. The normalized spacial score (nSPS) is 11.4. The zero-order chi connectivity index (χ0) is 46.4. The first kappa shape index (κ1) is 40.9. The van der Waals surface area contributed by atoms with Gasteiger partial charge in [0.05, 0.1) is 33.5 Å². The van der Waals surface area contributed by atoms with E-state index in [1.54, 1.807) is 0 Å². The molecule has 0 aliphatic rings. The lowest BCUT2D eigenvalue weighted by Gasteiger charge is -2.26. The van der Waals surface area contributed by atoms with Crippen LogP contribution in [0.5, 0.6) is 0 Å². The predicted molar refractivity (Wildman–Crippen MR) is 293 cm³/mol. The monoisotopic (exact) mass is 892 g/mol. The maximum atomic E-state index is 5.16. The molecule has 11 aromatic carbocycles. The number of hydrogen-bond donors (Lipinski definition) is 0. The number of benzene rings is 11. The topological polar surface area (TPSA) is 34.0 Å². The van der Waals surface area contributed by atoms with E-state index < -0.39 is 0 Å². The number of aromatic nitrogens is 3. The maximum Gasteiger partial charge on any atom is 0.0973 e. The fraction of sp³-hybridized carbons (Fsp3) is 0. The van der Waals surface area contributed by atoms with Gasteiger partial charge >= 0.3 is 0 Å². The lowest BCUT2D eigenvalue weighted by molar-refractivity contribution is 1.18. The van der Waals surface area contributed by atoms with E-state index in [-0.39, 0.29) is 0 Å². The first-order chi connectivity index (χ1) is 34.7.